The molecule has 3 rings (SSSR count). The third-order valence-corrected chi connectivity index (χ3v) is 4.16. The molecule has 0 aliphatic carbocycles. The highest BCUT2D eigenvalue weighted by Crippen LogP contribution is 2.25. The molecule has 142 valence electrons. The van der Waals surface area contributed by atoms with Crippen LogP contribution in [0.3, 0.4) is 0 Å². The van der Waals surface area contributed by atoms with Gasteiger partial charge in [-0.15, -0.1) is 0 Å². The van der Waals surface area contributed by atoms with Crippen molar-refractivity contribution < 1.29 is 19.1 Å². The summed E-state index contributed by atoms with van der Waals surface area (Å²) in [5.41, 5.74) is 2.34. The molecular weight excluding hydrogens is 346 g/mol. The Morgan fingerprint density at radius 2 is 1.85 bits per heavy atom. The molecule has 27 heavy (non-hydrogen) atoms. The van der Waals surface area contributed by atoms with Gasteiger partial charge in [0.15, 0.2) is 0 Å². The number of aromatic amines is 1. The first-order chi connectivity index (χ1) is 13.1. The summed E-state index contributed by atoms with van der Waals surface area (Å²) in [5, 5.41) is 4.82. The second-order valence-corrected chi connectivity index (χ2v) is 5.92. The Labute approximate surface area is 156 Å². The Morgan fingerprint density at radius 3 is 2.56 bits per heavy atom. The minimum atomic E-state index is -0.474. The number of carbonyl (C=O) groups excluding carboxylic acids is 2. The first kappa shape index (κ1) is 18.7. The van der Waals surface area contributed by atoms with Gasteiger partial charge in [-0.3, -0.25) is 14.9 Å². The average Bonchev–Trinajstić information content (AvgIpc) is 2.82. The molecule has 3 aromatic rings. The van der Waals surface area contributed by atoms with Gasteiger partial charge in [-0.2, -0.15) is 0 Å². The fraction of sp³-hybridized carbons (Fsp3) is 0.350. The molecule has 7 nitrogen and oxygen atoms in total. The largest absolute Gasteiger partial charge is 0.466 e. The van der Waals surface area contributed by atoms with Crippen molar-refractivity contribution in [1.29, 1.82) is 0 Å². The van der Waals surface area contributed by atoms with Crippen molar-refractivity contribution in [3.05, 3.63) is 47.1 Å². The van der Waals surface area contributed by atoms with E-state index in [9.17, 15) is 9.59 Å². The predicted octanol–water partition coefficient (Wildman–Crippen LogP) is 2.62. The van der Waals surface area contributed by atoms with Crippen LogP contribution in [0.4, 0.5) is 0 Å². The van der Waals surface area contributed by atoms with E-state index in [0.717, 1.165) is 16.4 Å². The van der Waals surface area contributed by atoms with Crippen LogP contribution in [0.2, 0.25) is 0 Å². The molecule has 0 spiro atoms. The van der Waals surface area contributed by atoms with Gasteiger partial charge in [0.1, 0.15) is 5.49 Å². The Bertz CT molecular complexity index is 1060. The molecule has 0 unspecified atom stereocenters. The molecule has 7 heteroatoms. The van der Waals surface area contributed by atoms with Gasteiger partial charge >= 0.3 is 11.9 Å². The summed E-state index contributed by atoms with van der Waals surface area (Å²) in [5.74, 6) is -0.888. The highest BCUT2D eigenvalue weighted by molar-refractivity contribution is 6.09. The van der Waals surface area contributed by atoms with E-state index in [0.29, 0.717) is 23.2 Å². The number of rotatable bonds is 6. The van der Waals surface area contributed by atoms with E-state index in [2.05, 4.69) is 10.1 Å². The van der Waals surface area contributed by atoms with Gasteiger partial charge < -0.3 is 9.47 Å². The van der Waals surface area contributed by atoms with E-state index < -0.39 is 11.9 Å². The van der Waals surface area contributed by atoms with Crippen LogP contribution in [-0.2, 0) is 20.7 Å². The zero-order valence-electron chi connectivity index (χ0n) is 15.7. The van der Waals surface area contributed by atoms with Gasteiger partial charge in [-0.25, -0.2) is 9.31 Å². The average molecular weight is 369 g/mol. The minimum Gasteiger partial charge on any atom is -0.466 e. The van der Waals surface area contributed by atoms with Crippen LogP contribution in [0.5, 0.6) is 0 Å². The highest BCUT2D eigenvalue weighted by atomic mass is 16.5. The molecule has 0 saturated carbocycles. The summed E-state index contributed by atoms with van der Waals surface area (Å²) in [4.78, 5) is 29.4. The number of ether oxygens (including phenoxy) is 2. The van der Waals surface area contributed by atoms with Gasteiger partial charge in [0, 0.05) is 17.3 Å². The topological polar surface area (TPSA) is 85.2 Å². The molecule has 0 amide bonds. The van der Waals surface area contributed by atoms with Crippen LogP contribution >= 0.6 is 0 Å². The van der Waals surface area contributed by atoms with E-state index >= 15 is 0 Å². The van der Waals surface area contributed by atoms with Crippen LogP contribution in [-0.4, -0.2) is 41.3 Å². The number of H-pyrrole nitrogens is 1. The van der Waals surface area contributed by atoms with Crippen molar-refractivity contribution in [3.8, 4) is 0 Å². The summed E-state index contributed by atoms with van der Waals surface area (Å²) in [6.45, 7) is 6.58. The predicted molar refractivity (Wildman–Crippen MR) is 102 cm³/mol. The molecule has 0 radical (unpaired) electrons. The second-order valence-electron chi connectivity index (χ2n) is 5.92. The molecule has 0 aliphatic rings. The van der Waals surface area contributed by atoms with Crippen molar-refractivity contribution in [2.45, 2.75) is 27.2 Å². The van der Waals surface area contributed by atoms with Crippen LogP contribution in [0.15, 0.2) is 35.3 Å². The smallest absolute Gasteiger partial charge is 0.340 e. The number of hydrogen-bond acceptors (Lipinski definition) is 5. The Balaban J connectivity index is 2.39. The summed E-state index contributed by atoms with van der Waals surface area (Å²) in [6, 6.07) is 9.54. The molecule has 1 aromatic carbocycles. The van der Waals surface area contributed by atoms with Crippen molar-refractivity contribution in [2.75, 3.05) is 19.8 Å². The molecule has 2 heterocycles. The molecule has 2 aromatic heterocycles. The molecule has 0 bridgehead atoms. The molecule has 0 saturated heterocycles. The van der Waals surface area contributed by atoms with E-state index in [1.807, 2.05) is 41.8 Å². The number of nitrogens with one attached hydrogen (secondary N) is 1. The molecule has 0 fully saturated rings. The van der Waals surface area contributed by atoms with Crippen LogP contribution < -0.4 is 5.49 Å². The van der Waals surface area contributed by atoms with E-state index in [1.165, 1.54) is 0 Å². The fourth-order valence-corrected chi connectivity index (χ4v) is 3.18. The van der Waals surface area contributed by atoms with Crippen LogP contribution in [0.1, 0.15) is 36.8 Å². The first-order valence-corrected chi connectivity index (χ1v) is 9.09. The maximum Gasteiger partial charge on any atom is 0.340 e. The van der Waals surface area contributed by atoms with Crippen LogP contribution in [0.25, 0.3) is 16.3 Å². The van der Waals surface area contributed by atoms with Crippen molar-refractivity contribution in [1.82, 2.24) is 9.61 Å². The SMILES string of the molecule is CCN=c1cc2ccccc3c(C(=O)OCC)c(CC(=O)OCC)[nH]n1c23. The highest BCUT2D eigenvalue weighted by Gasteiger charge is 2.22. The lowest BCUT2D eigenvalue weighted by molar-refractivity contribution is -0.142. The van der Waals surface area contributed by atoms with Gasteiger partial charge in [-0.1, -0.05) is 24.3 Å². The number of nitrogens with zero attached hydrogens (tertiary/aromatic N) is 2. The van der Waals surface area contributed by atoms with Gasteiger partial charge in [-0.05, 0) is 26.8 Å². The Hall–Kier alpha value is -3.09. The Kier molecular flexibility index (Phi) is 5.59. The van der Waals surface area contributed by atoms with Crippen LogP contribution in [0, 0.1) is 0 Å². The maximum atomic E-state index is 12.7. The number of aromatic nitrogens is 2. The van der Waals surface area contributed by atoms with E-state index in [1.54, 1.807) is 13.8 Å². The number of hydrogen-bond donors (Lipinski definition) is 1. The number of carbonyl (C=O) groups is 2. The normalized spacial score (nSPS) is 11.9. The monoisotopic (exact) mass is 369 g/mol. The lowest BCUT2D eigenvalue weighted by Crippen LogP contribution is -2.21. The van der Waals surface area contributed by atoms with Gasteiger partial charge in [0.2, 0.25) is 0 Å². The van der Waals surface area contributed by atoms with Gasteiger partial charge in [0.05, 0.1) is 36.4 Å². The first-order valence-electron chi connectivity index (χ1n) is 9.09. The lowest BCUT2D eigenvalue weighted by atomic mass is 10.1. The van der Waals surface area contributed by atoms with E-state index in [4.69, 9.17) is 9.47 Å². The zero-order valence-corrected chi connectivity index (χ0v) is 15.7. The number of esters is 2. The quantitative estimate of drug-likeness (QED) is 0.677. The minimum absolute atomic E-state index is 0.0642. The fourth-order valence-electron chi connectivity index (χ4n) is 3.18. The zero-order chi connectivity index (χ0) is 19.4. The summed E-state index contributed by atoms with van der Waals surface area (Å²) in [6.07, 6.45) is -0.0642. The summed E-state index contributed by atoms with van der Waals surface area (Å²) >= 11 is 0. The second kappa shape index (κ2) is 8.07. The standard InChI is InChI=1S/C20H23N3O4/c1-4-21-16-11-13-9-7-8-10-14-18(20(25)27-6-3)15(12-17(24)26-5-2)22-23(16)19(13)14/h7-11,22H,4-6,12H2,1-3H3. The molecular formula is C20H23N3O4. The van der Waals surface area contributed by atoms with Crippen molar-refractivity contribution >= 4 is 28.2 Å². The van der Waals surface area contributed by atoms with Gasteiger partial charge in [0.25, 0.3) is 0 Å². The van der Waals surface area contributed by atoms with Crippen molar-refractivity contribution in [2.24, 2.45) is 4.99 Å². The summed E-state index contributed by atoms with van der Waals surface area (Å²) < 4.78 is 12.1. The molecule has 0 atom stereocenters. The maximum absolute atomic E-state index is 12.7. The summed E-state index contributed by atoms with van der Waals surface area (Å²) in [7, 11) is 0. The molecule has 1 N–H and O–H groups in total. The third-order valence-electron chi connectivity index (χ3n) is 4.16. The molecule has 0 aliphatic heterocycles. The van der Waals surface area contributed by atoms with Crippen molar-refractivity contribution in [3.63, 3.8) is 0 Å². The third kappa shape index (κ3) is 3.58. The lowest BCUT2D eigenvalue weighted by Gasteiger charge is -2.13. The Morgan fingerprint density at radius 1 is 1.11 bits per heavy atom. The van der Waals surface area contributed by atoms with E-state index in [-0.39, 0.29) is 19.6 Å².